The normalized spacial score (nSPS) is 15.6. The Labute approximate surface area is 160 Å². The first-order chi connectivity index (χ1) is 12.2. The number of aromatic nitrogens is 1. The smallest absolute Gasteiger partial charge is 0.389 e. The van der Waals surface area contributed by atoms with Gasteiger partial charge in [0.2, 0.25) is 11.8 Å². The molecular formula is C18H29F3N2O3S. The fraction of sp³-hybridized carbons (Fsp3) is 0.722. The minimum atomic E-state index is -4.19. The molecule has 1 amide bonds. The van der Waals surface area contributed by atoms with Gasteiger partial charge in [0.05, 0.1) is 16.5 Å². The highest BCUT2D eigenvalue weighted by atomic mass is 32.2. The van der Waals surface area contributed by atoms with Crippen molar-refractivity contribution in [1.82, 2.24) is 5.16 Å². The zero-order valence-electron chi connectivity index (χ0n) is 16.6. The number of halogens is 3. The summed E-state index contributed by atoms with van der Waals surface area (Å²) in [5.74, 6) is 0.0768. The van der Waals surface area contributed by atoms with Crippen molar-refractivity contribution >= 4 is 27.6 Å². The van der Waals surface area contributed by atoms with Crippen molar-refractivity contribution in [2.45, 2.75) is 76.8 Å². The number of aliphatic hydroxyl groups excluding tert-OH is 1. The van der Waals surface area contributed by atoms with E-state index in [1.165, 1.54) is 0 Å². The molecular weight excluding hydrogens is 381 g/mol. The topological polar surface area (TPSA) is 75.4 Å². The fourth-order valence-corrected chi connectivity index (χ4v) is 4.41. The van der Waals surface area contributed by atoms with E-state index in [0.29, 0.717) is 5.69 Å². The Kier molecular flexibility index (Phi) is 7.69. The van der Waals surface area contributed by atoms with Gasteiger partial charge in [0, 0.05) is 17.9 Å². The van der Waals surface area contributed by atoms with Gasteiger partial charge in [-0.3, -0.25) is 10.1 Å². The molecule has 5 nitrogen and oxygen atoms in total. The molecule has 156 valence electrons. The average molecular weight is 411 g/mol. The van der Waals surface area contributed by atoms with Crippen LogP contribution in [0.15, 0.2) is 10.6 Å². The van der Waals surface area contributed by atoms with Crippen molar-refractivity contribution < 1.29 is 27.6 Å². The molecule has 1 rings (SSSR count). The minimum Gasteiger partial charge on any atom is -0.392 e. The Hall–Kier alpha value is -1.35. The monoisotopic (exact) mass is 410 g/mol. The van der Waals surface area contributed by atoms with Crippen LogP contribution in [0.4, 0.5) is 19.1 Å². The van der Waals surface area contributed by atoms with Crippen molar-refractivity contribution in [3.8, 4) is 0 Å². The Bertz CT molecular complexity index is 680. The number of nitrogens with zero attached hydrogens (tertiary/aromatic N) is 1. The van der Waals surface area contributed by atoms with Crippen LogP contribution in [0.3, 0.4) is 0 Å². The Balaban J connectivity index is 2.84. The summed E-state index contributed by atoms with van der Waals surface area (Å²) in [6, 6.07) is 1.55. The Morgan fingerprint density at radius 1 is 1.37 bits per heavy atom. The standard InChI is InChI=1S/C18H29F3N2O3S/c1-7-27(10-8-9-18(19,20)21)17(5,6)15(25)22-14-11-13(23-26-14)16(3,4)12(2)24/h7,11-12,24H,8-10H2,1-6H3,(H,22,25). The van der Waals surface area contributed by atoms with Crippen LogP contribution in [0.2, 0.25) is 0 Å². The molecule has 0 fully saturated rings. The lowest BCUT2D eigenvalue weighted by Gasteiger charge is -2.28. The maximum Gasteiger partial charge on any atom is 0.389 e. The summed E-state index contributed by atoms with van der Waals surface area (Å²) in [6.45, 7) is 10.4. The molecule has 0 bridgehead atoms. The second kappa shape index (κ2) is 8.77. The number of hydrogen-bond acceptors (Lipinski definition) is 4. The van der Waals surface area contributed by atoms with E-state index < -0.39 is 39.3 Å². The van der Waals surface area contributed by atoms with E-state index in [9.17, 15) is 23.1 Å². The molecule has 9 heteroatoms. The molecule has 2 unspecified atom stereocenters. The van der Waals surface area contributed by atoms with Gasteiger partial charge in [-0.1, -0.05) is 24.4 Å². The van der Waals surface area contributed by atoms with E-state index in [1.807, 2.05) is 0 Å². The van der Waals surface area contributed by atoms with Gasteiger partial charge < -0.3 is 9.63 Å². The summed E-state index contributed by atoms with van der Waals surface area (Å²) in [5.41, 5.74) is -0.155. The number of alkyl halides is 3. The van der Waals surface area contributed by atoms with E-state index in [1.54, 1.807) is 53.0 Å². The highest BCUT2D eigenvalue weighted by Crippen LogP contribution is 2.36. The number of amides is 1. The summed E-state index contributed by atoms with van der Waals surface area (Å²) in [6.07, 6.45) is -5.75. The van der Waals surface area contributed by atoms with E-state index >= 15 is 0 Å². The summed E-state index contributed by atoms with van der Waals surface area (Å²) < 4.78 is 41.4. The molecule has 1 aromatic heterocycles. The van der Waals surface area contributed by atoms with Crippen LogP contribution in [0, 0.1) is 0 Å². The molecule has 27 heavy (non-hydrogen) atoms. The van der Waals surface area contributed by atoms with Gasteiger partial charge in [-0.15, -0.1) is 0 Å². The summed E-state index contributed by atoms with van der Waals surface area (Å²) >= 11 is 0. The van der Waals surface area contributed by atoms with Gasteiger partial charge in [-0.2, -0.15) is 23.7 Å². The molecule has 2 atom stereocenters. The predicted molar refractivity (Wildman–Crippen MR) is 103 cm³/mol. The lowest BCUT2D eigenvalue weighted by Crippen LogP contribution is -2.36. The third-order valence-electron chi connectivity index (χ3n) is 4.76. The van der Waals surface area contributed by atoms with E-state index in [0.717, 1.165) is 0 Å². The van der Waals surface area contributed by atoms with Gasteiger partial charge in [0.25, 0.3) is 0 Å². The first-order valence-electron chi connectivity index (χ1n) is 8.74. The lowest BCUT2D eigenvalue weighted by atomic mass is 9.84. The molecule has 0 saturated heterocycles. The second-order valence-electron chi connectivity index (χ2n) is 7.53. The molecule has 0 aliphatic heterocycles. The van der Waals surface area contributed by atoms with Gasteiger partial charge in [-0.05, 0) is 39.9 Å². The van der Waals surface area contributed by atoms with Gasteiger partial charge in [-0.25, -0.2) is 0 Å². The van der Waals surface area contributed by atoms with E-state index in [2.05, 4.69) is 10.5 Å². The molecule has 0 radical (unpaired) electrons. The maximum absolute atomic E-state index is 12.7. The van der Waals surface area contributed by atoms with Crippen LogP contribution in [-0.4, -0.2) is 44.3 Å². The minimum absolute atomic E-state index is 0.0251. The fourth-order valence-electron chi connectivity index (χ4n) is 2.33. The van der Waals surface area contributed by atoms with Crippen molar-refractivity contribution in [1.29, 1.82) is 0 Å². The summed E-state index contributed by atoms with van der Waals surface area (Å²) in [5, 5.41) is 18.2. The molecule has 0 saturated carbocycles. The third kappa shape index (κ3) is 6.34. The molecule has 2 N–H and O–H groups in total. The average Bonchev–Trinajstić information content (AvgIpc) is 2.99. The number of aliphatic hydroxyl groups is 1. The summed E-state index contributed by atoms with van der Waals surface area (Å²) in [4.78, 5) is 12.7. The van der Waals surface area contributed by atoms with Crippen LogP contribution in [0.25, 0.3) is 0 Å². The molecule has 0 aliphatic carbocycles. The van der Waals surface area contributed by atoms with Gasteiger partial charge >= 0.3 is 6.18 Å². The Morgan fingerprint density at radius 3 is 2.44 bits per heavy atom. The number of rotatable bonds is 8. The van der Waals surface area contributed by atoms with Crippen molar-refractivity contribution in [2.24, 2.45) is 0 Å². The SMILES string of the molecule is C/C=S(\CCCC(F)(F)F)C(C)(C)C(=O)Nc1cc(C(C)(C)C(C)O)no1. The highest BCUT2D eigenvalue weighted by molar-refractivity contribution is 8.16. The largest absolute Gasteiger partial charge is 0.392 e. The summed E-state index contributed by atoms with van der Waals surface area (Å²) in [7, 11) is -0.637. The van der Waals surface area contributed by atoms with Crippen LogP contribution >= 0.6 is 10.5 Å². The number of nitrogens with one attached hydrogen (secondary N) is 1. The van der Waals surface area contributed by atoms with Crippen molar-refractivity contribution in [2.75, 3.05) is 11.1 Å². The van der Waals surface area contributed by atoms with E-state index in [-0.39, 0.29) is 24.0 Å². The molecule has 0 aromatic carbocycles. The number of hydrogen-bond donors (Lipinski definition) is 2. The zero-order valence-corrected chi connectivity index (χ0v) is 17.4. The quantitative estimate of drug-likeness (QED) is 0.620. The third-order valence-corrected chi connectivity index (χ3v) is 7.56. The Morgan fingerprint density at radius 2 is 1.96 bits per heavy atom. The van der Waals surface area contributed by atoms with Crippen LogP contribution < -0.4 is 5.32 Å². The van der Waals surface area contributed by atoms with E-state index in [4.69, 9.17) is 4.52 Å². The number of carbonyl (C=O) groups excluding carboxylic acids is 1. The highest BCUT2D eigenvalue weighted by Gasteiger charge is 2.34. The first kappa shape index (κ1) is 23.7. The van der Waals surface area contributed by atoms with Crippen LogP contribution in [0.1, 0.15) is 60.1 Å². The van der Waals surface area contributed by atoms with Gasteiger partial charge in [0.1, 0.15) is 0 Å². The maximum atomic E-state index is 12.7. The van der Waals surface area contributed by atoms with Gasteiger partial charge in [0.15, 0.2) is 0 Å². The van der Waals surface area contributed by atoms with Crippen molar-refractivity contribution in [3.05, 3.63) is 11.8 Å². The molecule has 1 heterocycles. The van der Waals surface area contributed by atoms with Crippen molar-refractivity contribution in [3.63, 3.8) is 0 Å². The molecule has 0 spiro atoms. The number of carbonyl (C=O) groups is 1. The zero-order chi connectivity index (χ0) is 21.0. The molecule has 0 aliphatic rings. The molecule has 1 aromatic rings. The van der Waals surface area contributed by atoms with Crippen LogP contribution in [0.5, 0.6) is 0 Å². The van der Waals surface area contributed by atoms with Crippen LogP contribution in [-0.2, 0) is 10.2 Å². The lowest BCUT2D eigenvalue weighted by molar-refractivity contribution is -0.134. The predicted octanol–water partition coefficient (Wildman–Crippen LogP) is 4.48. The number of anilines is 1. The second-order valence-corrected chi connectivity index (χ2v) is 10.3. The first-order valence-corrected chi connectivity index (χ1v) is 10.2.